The first-order valence-corrected chi connectivity index (χ1v) is 6.14. The van der Waals surface area contributed by atoms with Gasteiger partial charge in [0.25, 0.3) is 0 Å². The second-order valence-corrected chi connectivity index (χ2v) is 5.72. The molecule has 0 aliphatic rings. The molecule has 0 radical (unpaired) electrons. The van der Waals surface area contributed by atoms with Gasteiger partial charge in [0.15, 0.2) is 5.78 Å². The summed E-state index contributed by atoms with van der Waals surface area (Å²) in [6.07, 6.45) is -0.325. The average Bonchev–Trinajstić information content (AvgIpc) is 2.12. The number of carbonyl (C=O) groups is 2. The quantitative estimate of drug-likeness (QED) is 0.481. The summed E-state index contributed by atoms with van der Waals surface area (Å²) in [7, 11) is 0. The van der Waals surface area contributed by atoms with Gasteiger partial charge in [-0.1, -0.05) is 23.2 Å². The van der Waals surface area contributed by atoms with E-state index in [4.69, 9.17) is 27.9 Å². The lowest BCUT2D eigenvalue weighted by atomic mass is 10.1. The maximum Gasteiger partial charge on any atom is 0.314 e. The molecule has 5 heteroatoms. The molecule has 0 unspecified atom stereocenters. The molecule has 18 heavy (non-hydrogen) atoms. The molecule has 0 N–H and O–H groups in total. The van der Waals surface area contributed by atoms with Crippen LogP contribution in [0.3, 0.4) is 0 Å². The number of ether oxygens (including phenoxy) is 1. The highest BCUT2D eigenvalue weighted by molar-refractivity contribution is 6.35. The van der Waals surface area contributed by atoms with Gasteiger partial charge in [0.2, 0.25) is 0 Å². The van der Waals surface area contributed by atoms with E-state index in [9.17, 15) is 9.59 Å². The highest BCUT2D eigenvalue weighted by atomic mass is 35.5. The van der Waals surface area contributed by atoms with Gasteiger partial charge in [0, 0.05) is 15.6 Å². The van der Waals surface area contributed by atoms with Crippen LogP contribution in [0.25, 0.3) is 0 Å². The van der Waals surface area contributed by atoms with Gasteiger partial charge >= 0.3 is 5.97 Å². The van der Waals surface area contributed by atoms with Crippen molar-refractivity contribution in [2.24, 2.45) is 0 Å². The third-order valence-electron chi connectivity index (χ3n) is 1.91. The summed E-state index contributed by atoms with van der Waals surface area (Å²) in [4.78, 5) is 23.3. The third-order valence-corrected chi connectivity index (χ3v) is 2.35. The predicted molar refractivity (Wildman–Crippen MR) is 71.3 cm³/mol. The second kappa shape index (κ2) is 5.72. The van der Waals surface area contributed by atoms with E-state index in [1.807, 2.05) is 0 Å². The van der Waals surface area contributed by atoms with Crippen LogP contribution in [0.15, 0.2) is 18.2 Å². The van der Waals surface area contributed by atoms with Crippen molar-refractivity contribution in [1.29, 1.82) is 0 Å². The maximum absolute atomic E-state index is 11.8. The van der Waals surface area contributed by atoms with Gasteiger partial charge in [0.1, 0.15) is 12.0 Å². The fraction of sp³-hybridized carbons (Fsp3) is 0.385. The molecule has 1 rings (SSSR count). The molecule has 0 spiro atoms. The van der Waals surface area contributed by atoms with Crippen molar-refractivity contribution in [2.75, 3.05) is 0 Å². The number of benzene rings is 1. The van der Waals surface area contributed by atoms with Crippen molar-refractivity contribution in [3.8, 4) is 0 Å². The SMILES string of the molecule is CC(C)(C)OC(=O)CC(=O)c1cc(Cl)cc(Cl)c1. The Balaban J connectivity index is 2.74. The molecule has 0 amide bonds. The van der Waals surface area contributed by atoms with Crippen LogP contribution in [0.2, 0.25) is 10.0 Å². The Morgan fingerprint density at radius 2 is 1.61 bits per heavy atom. The van der Waals surface area contributed by atoms with Gasteiger partial charge in [-0.2, -0.15) is 0 Å². The molecular formula is C13H14Cl2O3. The van der Waals surface area contributed by atoms with Crippen LogP contribution in [0, 0.1) is 0 Å². The van der Waals surface area contributed by atoms with E-state index in [1.54, 1.807) is 20.8 Å². The van der Waals surface area contributed by atoms with E-state index < -0.39 is 11.6 Å². The maximum atomic E-state index is 11.8. The monoisotopic (exact) mass is 288 g/mol. The third kappa shape index (κ3) is 5.07. The van der Waals surface area contributed by atoms with Crippen molar-refractivity contribution in [2.45, 2.75) is 32.8 Å². The Morgan fingerprint density at radius 3 is 2.06 bits per heavy atom. The van der Waals surface area contributed by atoms with E-state index in [1.165, 1.54) is 18.2 Å². The zero-order valence-electron chi connectivity index (χ0n) is 10.4. The van der Waals surface area contributed by atoms with Crippen molar-refractivity contribution in [1.82, 2.24) is 0 Å². The number of carbonyl (C=O) groups excluding carboxylic acids is 2. The van der Waals surface area contributed by atoms with E-state index in [0.717, 1.165) is 0 Å². The van der Waals surface area contributed by atoms with E-state index in [-0.39, 0.29) is 12.2 Å². The molecule has 0 fully saturated rings. The van der Waals surface area contributed by atoms with E-state index in [0.29, 0.717) is 15.6 Å². The van der Waals surface area contributed by atoms with Crippen LogP contribution < -0.4 is 0 Å². The van der Waals surface area contributed by atoms with Gasteiger partial charge in [-0.15, -0.1) is 0 Å². The molecule has 0 saturated heterocycles. The highest BCUT2D eigenvalue weighted by Gasteiger charge is 2.20. The van der Waals surface area contributed by atoms with Crippen LogP contribution >= 0.6 is 23.2 Å². The summed E-state index contributed by atoms with van der Waals surface area (Å²) in [5.74, 6) is -0.933. The smallest absolute Gasteiger partial charge is 0.314 e. The highest BCUT2D eigenvalue weighted by Crippen LogP contribution is 2.20. The van der Waals surface area contributed by atoms with Crippen molar-refractivity contribution in [3.63, 3.8) is 0 Å². The Morgan fingerprint density at radius 1 is 1.11 bits per heavy atom. The minimum Gasteiger partial charge on any atom is -0.460 e. The van der Waals surface area contributed by atoms with Gasteiger partial charge in [-0.25, -0.2) is 0 Å². The lowest BCUT2D eigenvalue weighted by Gasteiger charge is -2.19. The lowest BCUT2D eigenvalue weighted by molar-refractivity contribution is -0.153. The zero-order chi connectivity index (χ0) is 13.9. The number of Topliss-reactive ketones (excluding diaryl/α,β-unsaturated/α-hetero) is 1. The Labute approximate surface area is 116 Å². The van der Waals surface area contributed by atoms with E-state index in [2.05, 4.69) is 0 Å². The molecule has 0 bridgehead atoms. The number of hydrogen-bond donors (Lipinski definition) is 0. The molecule has 1 aromatic rings. The minimum absolute atomic E-state index is 0.304. The molecule has 0 saturated carbocycles. The molecule has 0 atom stereocenters. The van der Waals surface area contributed by atoms with Crippen LogP contribution in [0.5, 0.6) is 0 Å². The van der Waals surface area contributed by atoms with Gasteiger partial charge in [-0.05, 0) is 39.0 Å². The molecule has 3 nitrogen and oxygen atoms in total. The van der Waals surface area contributed by atoms with Crippen LogP contribution in [-0.4, -0.2) is 17.4 Å². The first kappa shape index (κ1) is 15.0. The molecule has 1 aromatic carbocycles. The standard InChI is InChI=1S/C13H14Cl2O3/c1-13(2,3)18-12(17)7-11(16)8-4-9(14)6-10(15)5-8/h4-6H,7H2,1-3H3. The fourth-order valence-electron chi connectivity index (χ4n) is 1.33. The fourth-order valence-corrected chi connectivity index (χ4v) is 1.85. The first-order chi connectivity index (χ1) is 8.17. The molecule has 0 aliphatic carbocycles. The number of hydrogen-bond acceptors (Lipinski definition) is 3. The van der Waals surface area contributed by atoms with Gasteiger partial charge in [-0.3, -0.25) is 9.59 Å². The van der Waals surface area contributed by atoms with Crippen molar-refractivity contribution in [3.05, 3.63) is 33.8 Å². The largest absolute Gasteiger partial charge is 0.460 e. The average molecular weight is 289 g/mol. The predicted octanol–water partition coefficient (Wildman–Crippen LogP) is 3.91. The van der Waals surface area contributed by atoms with Crippen molar-refractivity contribution >= 4 is 35.0 Å². The Hall–Kier alpha value is -1.06. The minimum atomic E-state index is -0.608. The molecular weight excluding hydrogens is 275 g/mol. The molecule has 0 heterocycles. The van der Waals surface area contributed by atoms with Crippen molar-refractivity contribution < 1.29 is 14.3 Å². The molecule has 0 aliphatic heterocycles. The van der Waals surface area contributed by atoms with Crippen LogP contribution in [0.1, 0.15) is 37.6 Å². The Kier molecular flexibility index (Phi) is 4.77. The normalized spacial score (nSPS) is 11.2. The number of halogens is 2. The second-order valence-electron chi connectivity index (χ2n) is 4.84. The molecule has 98 valence electrons. The summed E-state index contributed by atoms with van der Waals surface area (Å²) in [6.45, 7) is 5.23. The first-order valence-electron chi connectivity index (χ1n) is 5.38. The number of ketones is 1. The summed E-state index contributed by atoms with van der Waals surface area (Å²) in [6, 6.07) is 4.47. The molecule has 0 aromatic heterocycles. The van der Waals surface area contributed by atoms with Gasteiger partial charge < -0.3 is 4.74 Å². The van der Waals surface area contributed by atoms with E-state index >= 15 is 0 Å². The lowest BCUT2D eigenvalue weighted by Crippen LogP contribution is -2.25. The summed E-state index contributed by atoms with van der Waals surface area (Å²) >= 11 is 11.6. The number of rotatable bonds is 3. The Bertz CT molecular complexity index is 455. The van der Waals surface area contributed by atoms with Crippen LogP contribution in [0.4, 0.5) is 0 Å². The van der Waals surface area contributed by atoms with Crippen LogP contribution in [-0.2, 0) is 9.53 Å². The zero-order valence-corrected chi connectivity index (χ0v) is 11.9. The topological polar surface area (TPSA) is 43.4 Å². The number of esters is 1. The summed E-state index contributed by atoms with van der Waals surface area (Å²) in [5, 5.41) is 0.713. The van der Waals surface area contributed by atoms with Gasteiger partial charge in [0.05, 0.1) is 0 Å². The summed E-state index contributed by atoms with van der Waals surface area (Å²) < 4.78 is 5.06. The summed E-state index contributed by atoms with van der Waals surface area (Å²) in [5.41, 5.74) is -0.304.